The van der Waals surface area contributed by atoms with Crippen LogP contribution in [0, 0.1) is 5.92 Å². The number of nitrogens with one attached hydrogen (secondary N) is 1. The fourth-order valence-corrected chi connectivity index (χ4v) is 3.28. The number of rotatable bonds is 2. The van der Waals surface area contributed by atoms with E-state index in [1.807, 2.05) is 6.20 Å². The molecular formula is C10H15N3S. The van der Waals surface area contributed by atoms with Gasteiger partial charge in [-0.3, -0.25) is 4.90 Å². The van der Waals surface area contributed by atoms with E-state index in [-0.39, 0.29) is 0 Å². The molecule has 0 aromatic carbocycles. The van der Waals surface area contributed by atoms with Crippen LogP contribution in [0.25, 0.3) is 0 Å². The van der Waals surface area contributed by atoms with Crippen LogP contribution in [0.15, 0.2) is 11.6 Å². The molecule has 0 spiro atoms. The lowest BCUT2D eigenvalue weighted by molar-refractivity contribution is 0.243. The van der Waals surface area contributed by atoms with Crippen molar-refractivity contribution in [3.63, 3.8) is 0 Å². The van der Waals surface area contributed by atoms with Crippen LogP contribution < -0.4 is 5.32 Å². The number of hydrogen-bond acceptors (Lipinski definition) is 4. The van der Waals surface area contributed by atoms with Crippen molar-refractivity contribution >= 4 is 11.3 Å². The predicted octanol–water partition coefficient (Wildman–Crippen LogP) is 0.937. The van der Waals surface area contributed by atoms with Gasteiger partial charge >= 0.3 is 0 Å². The molecule has 3 heterocycles. The van der Waals surface area contributed by atoms with Crippen LogP contribution in [0.1, 0.15) is 11.4 Å². The van der Waals surface area contributed by atoms with Gasteiger partial charge in [-0.2, -0.15) is 0 Å². The molecule has 2 atom stereocenters. The van der Waals surface area contributed by atoms with Crippen LogP contribution in [-0.2, 0) is 6.54 Å². The number of hydrogen-bond donors (Lipinski definition) is 1. The van der Waals surface area contributed by atoms with Crippen molar-refractivity contribution in [3.05, 3.63) is 16.6 Å². The van der Waals surface area contributed by atoms with Gasteiger partial charge in [0.2, 0.25) is 0 Å². The zero-order chi connectivity index (χ0) is 9.38. The van der Waals surface area contributed by atoms with Crippen LogP contribution in [0.3, 0.4) is 0 Å². The number of aromatic nitrogens is 1. The molecule has 4 heteroatoms. The molecule has 0 amide bonds. The highest BCUT2D eigenvalue weighted by Gasteiger charge is 2.37. The number of nitrogens with zero attached hydrogens (tertiary/aromatic N) is 2. The SMILES string of the molecule is c1csc(CN2CC[C@H]3CNC[C@H]32)n1. The van der Waals surface area contributed by atoms with E-state index in [1.165, 1.54) is 31.1 Å². The zero-order valence-corrected chi connectivity index (χ0v) is 8.96. The Kier molecular flexibility index (Phi) is 2.27. The Morgan fingerprint density at radius 3 is 3.43 bits per heavy atom. The molecule has 3 nitrogen and oxygen atoms in total. The molecular weight excluding hydrogens is 194 g/mol. The van der Waals surface area contributed by atoms with E-state index < -0.39 is 0 Å². The van der Waals surface area contributed by atoms with Crippen LogP contribution in [-0.4, -0.2) is 35.6 Å². The maximum absolute atomic E-state index is 4.35. The minimum Gasteiger partial charge on any atom is -0.315 e. The highest BCUT2D eigenvalue weighted by atomic mass is 32.1. The van der Waals surface area contributed by atoms with Gasteiger partial charge in [0.1, 0.15) is 5.01 Å². The highest BCUT2D eigenvalue weighted by Crippen LogP contribution is 2.28. The van der Waals surface area contributed by atoms with Gasteiger partial charge < -0.3 is 5.32 Å². The number of likely N-dealkylation sites (tertiary alicyclic amines) is 1. The molecule has 2 aliphatic rings. The molecule has 14 heavy (non-hydrogen) atoms. The first-order valence-corrected chi connectivity index (χ1v) is 6.14. The van der Waals surface area contributed by atoms with Crippen molar-refractivity contribution in [2.75, 3.05) is 19.6 Å². The topological polar surface area (TPSA) is 28.2 Å². The Labute approximate surface area is 88.1 Å². The summed E-state index contributed by atoms with van der Waals surface area (Å²) in [6.07, 6.45) is 3.27. The van der Waals surface area contributed by atoms with E-state index in [4.69, 9.17) is 0 Å². The van der Waals surface area contributed by atoms with Crippen molar-refractivity contribution in [2.24, 2.45) is 5.92 Å². The molecule has 76 valence electrons. The second kappa shape index (κ2) is 3.61. The second-order valence-corrected chi connectivity index (χ2v) is 5.15. The van der Waals surface area contributed by atoms with Gasteiger partial charge in [-0.05, 0) is 25.4 Å². The Morgan fingerprint density at radius 1 is 1.57 bits per heavy atom. The molecule has 0 unspecified atom stereocenters. The number of thiazole rings is 1. The van der Waals surface area contributed by atoms with Gasteiger partial charge in [-0.15, -0.1) is 11.3 Å². The molecule has 1 N–H and O–H groups in total. The van der Waals surface area contributed by atoms with Crippen molar-refractivity contribution in [2.45, 2.75) is 19.0 Å². The normalized spacial score (nSPS) is 32.3. The summed E-state index contributed by atoms with van der Waals surface area (Å²) in [5.41, 5.74) is 0. The van der Waals surface area contributed by atoms with Gasteiger partial charge in [-0.1, -0.05) is 0 Å². The smallest absolute Gasteiger partial charge is 0.107 e. The van der Waals surface area contributed by atoms with E-state index in [0.29, 0.717) is 0 Å². The summed E-state index contributed by atoms with van der Waals surface area (Å²) in [6.45, 7) is 4.71. The maximum Gasteiger partial charge on any atom is 0.107 e. The lowest BCUT2D eigenvalue weighted by Crippen LogP contribution is -2.33. The monoisotopic (exact) mass is 209 g/mol. The Bertz CT molecular complexity index is 298. The van der Waals surface area contributed by atoms with Crippen molar-refractivity contribution in [1.82, 2.24) is 15.2 Å². The number of fused-ring (bicyclic) bond motifs is 1. The molecule has 1 aromatic rings. The summed E-state index contributed by atoms with van der Waals surface area (Å²) in [7, 11) is 0. The first-order valence-electron chi connectivity index (χ1n) is 5.26. The van der Waals surface area contributed by atoms with Gasteiger partial charge in [0.15, 0.2) is 0 Å². The second-order valence-electron chi connectivity index (χ2n) is 4.17. The molecule has 0 radical (unpaired) electrons. The van der Waals surface area contributed by atoms with E-state index in [1.54, 1.807) is 11.3 Å². The van der Waals surface area contributed by atoms with Crippen LogP contribution >= 0.6 is 11.3 Å². The average Bonchev–Trinajstić information content (AvgIpc) is 2.85. The van der Waals surface area contributed by atoms with Crippen LogP contribution in [0.5, 0.6) is 0 Å². The fourth-order valence-electron chi connectivity index (χ4n) is 2.64. The van der Waals surface area contributed by atoms with E-state index >= 15 is 0 Å². The summed E-state index contributed by atoms with van der Waals surface area (Å²) in [6, 6.07) is 0.777. The maximum atomic E-state index is 4.35. The average molecular weight is 209 g/mol. The van der Waals surface area contributed by atoms with Gasteiger partial charge in [0.05, 0.1) is 6.54 Å². The van der Waals surface area contributed by atoms with Crippen molar-refractivity contribution in [1.29, 1.82) is 0 Å². The summed E-state index contributed by atoms with van der Waals surface area (Å²) in [5.74, 6) is 0.898. The van der Waals surface area contributed by atoms with E-state index in [2.05, 4.69) is 20.6 Å². The molecule has 0 saturated carbocycles. The summed E-state index contributed by atoms with van der Waals surface area (Å²) >= 11 is 1.77. The standard InChI is InChI=1S/C10H15N3S/c1-3-13(7-10-12-2-4-14-10)9-6-11-5-8(1)9/h2,4,8-9,11H,1,3,5-7H2/t8-,9+/m0/s1. The molecule has 1 aromatic heterocycles. The third-order valence-electron chi connectivity index (χ3n) is 3.38. The van der Waals surface area contributed by atoms with E-state index in [9.17, 15) is 0 Å². The molecule has 0 aliphatic carbocycles. The third-order valence-corrected chi connectivity index (χ3v) is 4.15. The predicted molar refractivity (Wildman–Crippen MR) is 57.3 cm³/mol. The molecule has 2 saturated heterocycles. The Morgan fingerprint density at radius 2 is 2.57 bits per heavy atom. The van der Waals surface area contributed by atoms with Gasteiger partial charge in [-0.25, -0.2) is 4.98 Å². The van der Waals surface area contributed by atoms with Gasteiger partial charge in [0.25, 0.3) is 0 Å². The van der Waals surface area contributed by atoms with Crippen LogP contribution in [0.2, 0.25) is 0 Å². The molecule has 2 aliphatic heterocycles. The fraction of sp³-hybridized carbons (Fsp3) is 0.700. The quantitative estimate of drug-likeness (QED) is 0.785. The Balaban J connectivity index is 1.68. The minimum absolute atomic E-state index is 0.777. The van der Waals surface area contributed by atoms with Crippen molar-refractivity contribution < 1.29 is 0 Å². The van der Waals surface area contributed by atoms with Gasteiger partial charge in [0, 0.05) is 24.2 Å². The summed E-state index contributed by atoms with van der Waals surface area (Å²) in [4.78, 5) is 6.94. The summed E-state index contributed by atoms with van der Waals surface area (Å²) in [5, 5.41) is 6.80. The third kappa shape index (κ3) is 1.47. The Hall–Kier alpha value is -0.450. The largest absolute Gasteiger partial charge is 0.315 e. The minimum atomic E-state index is 0.777. The first-order chi connectivity index (χ1) is 6.93. The molecule has 3 rings (SSSR count). The van der Waals surface area contributed by atoms with Crippen molar-refractivity contribution in [3.8, 4) is 0 Å². The highest BCUT2D eigenvalue weighted by molar-refractivity contribution is 7.09. The van der Waals surface area contributed by atoms with Crippen LogP contribution in [0.4, 0.5) is 0 Å². The zero-order valence-electron chi connectivity index (χ0n) is 8.15. The summed E-state index contributed by atoms with van der Waals surface area (Å²) < 4.78 is 0. The first kappa shape index (κ1) is 8.83. The lowest BCUT2D eigenvalue weighted by Gasteiger charge is -2.21. The molecule has 0 bridgehead atoms. The lowest BCUT2D eigenvalue weighted by atomic mass is 10.1. The molecule has 2 fully saturated rings. The van der Waals surface area contributed by atoms with E-state index in [0.717, 1.165) is 18.5 Å².